The van der Waals surface area contributed by atoms with E-state index in [2.05, 4.69) is 54.5 Å². The standard InChI is InChI=1S/C16H32OSi/c1-12(2)18(13(3)4,14(5)6)17-16-10-8-15(7)9-11-16/h10,12-15H,8-9,11H2,1-7H3. The maximum atomic E-state index is 6.71. The smallest absolute Gasteiger partial charge is 0.258 e. The fourth-order valence-electron chi connectivity index (χ4n) is 3.61. The third-order valence-corrected chi connectivity index (χ3v) is 10.7. The monoisotopic (exact) mass is 268 g/mol. The largest absolute Gasteiger partial charge is 0.546 e. The van der Waals surface area contributed by atoms with Crippen molar-refractivity contribution in [3.05, 3.63) is 11.8 Å². The quantitative estimate of drug-likeness (QED) is 0.565. The molecule has 0 saturated carbocycles. The van der Waals surface area contributed by atoms with E-state index in [4.69, 9.17) is 4.43 Å². The molecule has 0 bridgehead atoms. The van der Waals surface area contributed by atoms with Gasteiger partial charge in [0.15, 0.2) is 0 Å². The molecule has 0 aliphatic heterocycles. The zero-order valence-electron chi connectivity index (χ0n) is 13.4. The Morgan fingerprint density at radius 3 is 1.89 bits per heavy atom. The summed E-state index contributed by atoms with van der Waals surface area (Å²) in [5.74, 6) is 2.14. The molecule has 0 fully saturated rings. The fourth-order valence-corrected chi connectivity index (χ4v) is 8.96. The van der Waals surface area contributed by atoms with Crippen LogP contribution < -0.4 is 0 Å². The van der Waals surface area contributed by atoms with Crippen molar-refractivity contribution in [1.29, 1.82) is 0 Å². The first-order valence-electron chi connectivity index (χ1n) is 7.68. The average Bonchev–Trinajstić information content (AvgIpc) is 2.26. The van der Waals surface area contributed by atoms with E-state index in [-0.39, 0.29) is 0 Å². The third-order valence-electron chi connectivity index (χ3n) is 4.65. The summed E-state index contributed by atoms with van der Waals surface area (Å²) in [6.45, 7) is 16.5. The Morgan fingerprint density at radius 1 is 1.06 bits per heavy atom. The lowest BCUT2D eigenvalue weighted by Gasteiger charge is -2.43. The first-order valence-corrected chi connectivity index (χ1v) is 9.82. The van der Waals surface area contributed by atoms with Crippen molar-refractivity contribution in [2.24, 2.45) is 5.92 Å². The zero-order chi connectivity index (χ0) is 13.9. The summed E-state index contributed by atoms with van der Waals surface area (Å²) in [6.07, 6.45) is 6.02. The molecule has 0 spiro atoms. The van der Waals surface area contributed by atoms with Crippen molar-refractivity contribution in [2.75, 3.05) is 0 Å². The van der Waals surface area contributed by atoms with Gasteiger partial charge in [-0.2, -0.15) is 0 Å². The number of hydrogen-bond acceptors (Lipinski definition) is 1. The summed E-state index contributed by atoms with van der Waals surface area (Å²) in [5.41, 5.74) is 2.04. The minimum absolute atomic E-state index is 0.678. The second-order valence-electron chi connectivity index (χ2n) is 6.97. The molecular weight excluding hydrogens is 236 g/mol. The van der Waals surface area contributed by atoms with Crippen LogP contribution in [0.25, 0.3) is 0 Å². The summed E-state index contributed by atoms with van der Waals surface area (Å²) >= 11 is 0. The summed E-state index contributed by atoms with van der Waals surface area (Å²) < 4.78 is 6.71. The molecule has 2 heteroatoms. The van der Waals surface area contributed by atoms with E-state index in [1.165, 1.54) is 18.6 Å². The predicted molar refractivity (Wildman–Crippen MR) is 83.2 cm³/mol. The Labute approximate surface area is 115 Å². The molecule has 0 heterocycles. The Hall–Kier alpha value is -0.243. The topological polar surface area (TPSA) is 9.23 Å². The Bertz CT molecular complexity index is 270. The van der Waals surface area contributed by atoms with Crippen LogP contribution in [0.3, 0.4) is 0 Å². The van der Waals surface area contributed by atoms with Crippen molar-refractivity contribution in [3.8, 4) is 0 Å². The summed E-state index contributed by atoms with van der Waals surface area (Å²) in [7, 11) is -1.71. The van der Waals surface area contributed by atoms with Gasteiger partial charge in [0.25, 0.3) is 8.32 Å². The van der Waals surface area contributed by atoms with Crippen molar-refractivity contribution >= 4 is 8.32 Å². The van der Waals surface area contributed by atoms with Crippen LogP contribution in [0.15, 0.2) is 11.8 Å². The van der Waals surface area contributed by atoms with Gasteiger partial charge >= 0.3 is 0 Å². The molecule has 0 saturated heterocycles. The molecule has 1 aliphatic carbocycles. The molecule has 0 radical (unpaired) electrons. The van der Waals surface area contributed by atoms with Gasteiger partial charge in [-0.25, -0.2) is 0 Å². The van der Waals surface area contributed by atoms with Gasteiger partial charge in [-0.3, -0.25) is 0 Å². The average molecular weight is 269 g/mol. The van der Waals surface area contributed by atoms with Crippen LogP contribution in [-0.4, -0.2) is 8.32 Å². The van der Waals surface area contributed by atoms with Gasteiger partial charge in [-0.1, -0.05) is 48.5 Å². The van der Waals surface area contributed by atoms with Crippen LogP contribution >= 0.6 is 0 Å². The molecule has 0 amide bonds. The van der Waals surface area contributed by atoms with E-state index in [9.17, 15) is 0 Å². The Balaban J connectivity index is 2.91. The highest BCUT2D eigenvalue weighted by atomic mass is 28.4. The Morgan fingerprint density at radius 2 is 1.56 bits per heavy atom. The molecule has 0 aromatic heterocycles. The molecule has 1 aliphatic rings. The third kappa shape index (κ3) is 3.20. The fraction of sp³-hybridized carbons (Fsp3) is 0.875. The first kappa shape index (κ1) is 15.8. The van der Waals surface area contributed by atoms with E-state index >= 15 is 0 Å². The highest BCUT2D eigenvalue weighted by molar-refractivity contribution is 6.77. The zero-order valence-corrected chi connectivity index (χ0v) is 14.4. The van der Waals surface area contributed by atoms with Gasteiger partial charge < -0.3 is 4.43 Å². The minimum Gasteiger partial charge on any atom is -0.546 e. The molecule has 0 aromatic rings. The first-order chi connectivity index (χ1) is 8.30. The van der Waals surface area contributed by atoms with Gasteiger partial charge in [0.2, 0.25) is 0 Å². The van der Waals surface area contributed by atoms with Crippen molar-refractivity contribution in [1.82, 2.24) is 0 Å². The molecule has 0 N–H and O–H groups in total. The van der Waals surface area contributed by atoms with Gasteiger partial charge in [-0.15, -0.1) is 0 Å². The van der Waals surface area contributed by atoms with Crippen molar-refractivity contribution in [3.63, 3.8) is 0 Å². The maximum absolute atomic E-state index is 6.71. The summed E-state index contributed by atoms with van der Waals surface area (Å²) in [6, 6.07) is 0. The van der Waals surface area contributed by atoms with Gasteiger partial charge in [0.1, 0.15) is 0 Å². The highest BCUT2D eigenvalue weighted by Crippen LogP contribution is 2.44. The van der Waals surface area contributed by atoms with Gasteiger partial charge in [0, 0.05) is 6.42 Å². The molecule has 1 atom stereocenters. The molecular formula is C16H32OSi. The molecule has 106 valence electrons. The maximum Gasteiger partial charge on any atom is 0.258 e. The SMILES string of the molecule is CC1CC=C(O[Si](C(C)C)(C(C)C)C(C)C)CC1. The lowest BCUT2D eigenvalue weighted by Crippen LogP contribution is -2.47. The predicted octanol–water partition coefficient (Wildman–Crippen LogP) is 5.88. The lowest BCUT2D eigenvalue weighted by atomic mass is 9.95. The van der Waals surface area contributed by atoms with Crippen LogP contribution in [0, 0.1) is 5.92 Å². The minimum atomic E-state index is -1.71. The number of hydrogen-bond donors (Lipinski definition) is 0. The number of rotatable bonds is 5. The van der Waals surface area contributed by atoms with Crippen LogP contribution in [-0.2, 0) is 4.43 Å². The molecule has 0 aromatic carbocycles. The van der Waals surface area contributed by atoms with Gasteiger partial charge in [0.05, 0.1) is 5.76 Å². The van der Waals surface area contributed by atoms with Crippen molar-refractivity contribution in [2.45, 2.75) is 84.4 Å². The number of allylic oxidation sites excluding steroid dienone is 2. The Kier molecular flexibility index (Phi) is 5.51. The van der Waals surface area contributed by atoms with Crippen molar-refractivity contribution < 1.29 is 4.43 Å². The summed E-state index contributed by atoms with van der Waals surface area (Å²) in [5, 5.41) is 0. The molecule has 18 heavy (non-hydrogen) atoms. The van der Waals surface area contributed by atoms with Crippen LogP contribution in [0.4, 0.5) is 0 Å². The highest BCUT2D eigenvalue weighted by Gasteiger charge is 2.47. The van der Waals surface area contributed by atoms with Crippen LogP contribution in [0.1, 0.15) is 67.7 Å². The van der Waals surface area contributed by atoms with E-state index < -0.39 is 8.32 Å². The molecule has 1 unspecified atom stereocenters. The lowest BCUT2D eigenvalue weighted by molar-refractivity contribution is 0.324. The normalized spacial score (nSPS) is 21.7. The second-order valence-corrected chi connectivity index (χ2v) is 12.3. The van der Waals surface area contributed by atoms with E-state index in [1.807, 2.05) is 0 Å². The van der Waals surface area contributed by atoms with Crippen LogP contribution in [0.2, 0.25) is 16.6 Å². The van der Waals surface area contributed by atoms with Gasteiger partial charge in [-0.05, 0) is 41.5 Å². The van der Waals surface area contributed by atoms with E-state index in [0.29, 0.717) is 16.6 Å². The second kappa shape index (κ2) is 6.27. The molecule has 1 nitrogen and oxygen atoms in total. The van der Waals surface area contributed by atoms with Crippen LogP contribution in [0.5, 0.6) is 0 Å². The van der Waals surface area contributed by atoms with E-state index in [1.54, 1.807) is 0 Å². The summed E-state index contributed by atoms with van der Waals surface area (Å²) in [4.78, 5) is 0. The molecule has 1 rings (SSSR count). The van der Waals surface area contributed by atoms with E-state index in [0.717, 1.165) is 12.3 Å².